The highest BCUT2D eigenvalue weighted by molar-refractivity contribution is 5.75. The van der Waals surface area contributed by atoms with Crippen LogP contribution in [0.5, 0.6) is 0 Å². The Balaban J connectivity index is 1.43. The summed E-state index contributed by atoms with van der Waals surface area (Å²) in [5.74, 6) is -0.927. The van der Waals surface area contributed by atoms with E-state index < -0.39 is 23.7 Å². The summed E-state index contributed by atoms with van der Waals surface area (Å²) in [5.41, 5.74) is 0.675. The Bertz CT molecular complexity index is 1360. The van der Waals surface area contributed by atoms with E-state index in [0.717, 1.165) is 18.5 Å². The molecule has 36 heavy (non-hydrogen) atoms. The number of H-pyrrole nitrogens is 1. The van der Waals surface area contributed by atoms with Gasteiger partial charge in [0.25, 0.3) is 0 Å². The molecule has 1 saturated heterocycles. The largest absolute Gasteiger partial charge is 0.337 e. The lowest BCUT2D eigenvalue weighted by Gasteiger charge is -2.35. The Labute approximate surface area is 204 Å². The number of nitrogens with one attached hydrogen (secondary N) is 3. The SMILES string of the molecule is N#Cc1cc(F)cc([C@H](CC=N)NC(=O)N2CCN(c3ncc(F)c(-c4ccc(=O)[nH]c4)n3)CC2)c1. The number of aromatic amines is 1. The van der Waals surface area contributed by atoms with Crippen LogP contribution < -0.4 is 15.8 Å². The number of anilines is 1. The zero-order valence-corrected chi connectivity index (χ0v) is 19.0. The van der Waals surface area contributed by atoms with Crippen LogP contribution in [0.15, 0.2) is 47.5 Å². The molecular formula is C24H22F2N8O2. The van der Waals surface area contributed by atoms with Crippen molar-refractivity contribution in [1.82, 2.24) is 25.2 Å². The molecule has 3 heterocycles. The first-order valence-electron chi connectivity index (χ1n) is 11.1. The van der Waals surface area contributed by atoms with Gasteiger partial charge in [-0.15, -0.1) is 0 Å². The Kier molecular flexibility index (Phi) is 7.29. The maximum atomic E-state index is 14.3. The lowest BCUT2D eigenvalue weighted by Crippen LogP contribution is -2.52. The van der Waals surface area contributed by atoms with Crippen molar-refractivity contribution in [2.75, 3.05) is 31.1 Å². The van der Waals surface area contributed by atoms with Crippen molar-refractivity contribution >= 4 is 18.2 Å². The molecule has 1 aliphatic rings. The molecular weight excluding hydrogens is 470 g/mol. The second-order valence-corrected chi connectivity index (χ2v) is 8.11. The summed E-state index contributed by atoms with van der Waals surface area (Å²) in [6.07, 6.45) is 3.70. The topological polar surface area (TPSA) is 142 Å². The lowest BCUT2D eigenvalue weighted by molar-refractivity contribution is 0.190. The highest BCUT2D eigenvalue weighted by Crippen LogP contribution is 2.23. The third-order valence-electron chi connectivity index (χ3n) is 5.74. The fourth-order valence-electron chi connectivity index (χ4n) is 3.89. The van der Waals surface area contributed by atoms with Gasteiger partial charge in [0.05, 0.1) is 23.9 Å². The standard InChI is InChI=1S/C24H22F2N8O2/c25-18-10-15(12-28)9-17(11-18)20(3-4-27)31-24(36)34-7-5-33(6-8-34)23-30-14-19(26)22(32-23)16-1-2-21(35)29-13-16/h1-2,4,9-11,13-14,20,27H,3,5-8H2,(H,29,35)(H,31,36)/t20-/m0/s1. The second kappa shape index (κ2) is 10.7. The number of benzene rings is 1. The normalized spacial score (nSPS) is 14.1. The molecule has 184 valence electrons. The lowest BCUT2D eigenvalue weighted by atomic mass is 10.0. The number of carbonyl (C=O) groups is 1. The number of nitriles is 1. The van der Waals surface area contributed by atoms with Gasteiger partial charge in [-0.1, -0.05) is 0 Å². The van der Waals surface area contributed by atoms with Gasteiger partial charge in [-0.2, -0.15) is 5.26 Å². The van der Waals surface area contributed by atoms with Gasteiger partial charge < -0.3 is 25.5 Å². The van der Waals surface area contributed by atoms with Crippen LogP contribution in [-0.2, 0) is 0 Å². The Morgan fingerprint density at radius 1 is 1.25 bits per heavy atom. The van der Waals surface area contributed by atoms with Crippen molar-refractivity contribution in [3.8, 4) is 17.3 Å². The van der Waals surface area contributed by atoms with Crippen molar-refractivity contribution < 1.29 is 13.6 Å². The molecule has 3 N–H and O–H groups in total. The van der Waals surface area contributed by atoms with Crippen molar-refractivity contribution in [1.29, 1.82) is 10.7 Å². The molecule has 4 rings (SSSR count). The third-order valence-corrected chi connectivity index (χ3v) is 5.74. The summed E-state index contributed by atoms with van der Waals surface area (Å²) >= 11 is 0. The van der Waals surface area contributed by atoms with E-state index in [9.17, 15) is 18.4 Å². The van der Waals surface area contributed by atoms with E-state index >= 15 is 0 Å². The van der Waals surface area contributed by atoms with Crippen LogP contribution in [0, 0.1) is 28.4 Å². The maximum absolute atomic E-state index is 14.3. The molecule has 1 aromatic carbocycles. The predicted octanol–water partition coefficient (Wildman–Crippen LogP) is 2.59. The minimum Gasteiger partial charge on any atom is -0.337 e. The van der Waals surface area contributed by atoms with Crippen LogP contribution in [0.2, 0.25) is 0 Å². The van der Waals surface area contributed by atoms with E-state index in [-0.39, 0.29) is 23.2 Å². The first-order valence-corrected chi connectivity index (χ1v) is 11.1. The van der Waals surface area contributed by atoms with Crippen LogP contribution in [0.25, 0.3) is 11.3 Å². The van der Waals surface area contributed by atoms with E-state index in [1.165, 1.54) is 30.5 Å². The van der Waals surface area contributed by atoms with Crippen LogP contribution >= 0.6 is 0 Å². The fourth-order valence-corrected chi connectivity index (χ4v) is 3.89. The van der Waals surface area contributed by atoms with Crippen molar-refractivity contribution in [2.24, 2.45) is 0 Å². The molecule has 1 fully saturated rings. The van der Waals surface area contributed by atoms with Gasteiger partial charge in [-0.25, -0.2) is 23.5 Å². The zero-order chi connectivity index (χ0) is 25.7. The molecule has 0 aliphatic carbocycles. The predicted molar refractivity (Wildman–Crippen MR) is 128 cm³/mol. The van der Waals surface area contributed by atoms with Gasteiger partial charge in [-0.05, 0) is 36.0 Å². The van der Waals surface area contributed by atoms with Gasteiger partial charge in [0.15, 0.2) is 5.82 Å². The molecule has 12 heteroatoms. The van der Waals surface area contributed by atoms with Crippen LogP contribution in [0.3, 0.4) is 0 Å². The number of pyridine rings is 1. The molecule has 10 nitrogen and oxygen atoms in total. The van der Waals surface area contributed by atoms with E-state index in [1.807, 2.05) is 11.0 Å². The van der Waals surface area contributed by atoms with E-state index in [2.05, 4.69) is 20.3 Å². The van der Waals surface area contributed by atoms with Gasteiger partial charge in [-0.3, -0.25) is 4.79 Å². The number of hydrogen-bond acceptors (Lipinski definition) is 7. The Morgan fingerprint density at radius 3 is 2.69 bits per heavy atom. The minimum absolute atomic E-state index is 0.0535. The number of nitrogens with zero attached hydrogens (tertiary/aromatic N) is 5. The fraction of sp³-hybridized carbons (Fsp3) is 0.250. The molecule has 2 aromatic heterocycles. The molecule has 0 spiro atoms. The Hall–Kier alpha value is -4.66. The van der Waals surface area contributed by atoms with Crippen molar-refractivity contribution in [3.05, 3.63) is 75.8 Å². The highest BCUT2D eigenvalue weighted by Gasteiger charge is 2.25. The minimum atomic E-state index is -0.670. The van der Waals surface area contributed by atoms with Gasteiger partial charge >= 0.3 is 6.03 Å². The van der Waals surface area contributed by atoms with Crippen molar-refractivity contribution in [2.45, 2.75) is 12.5 Å². The van der Waals surface area contributed by atoms with E-state index in [1.54, 1.807) is 4.90 Å². The number of hydrogen-bond donors (Lipinski definition) is 3. The summed E-state index contributed by atoms with van der Waals surface area (Å²) in [4.78, 5) is 38.5. The number of halogens is 2. The molecule has 0 saturated carbocycles. The molecule has 0 unspecified atom stereocenters. The van der Waals surface area contributed by atoms with Crippen LogP contribution in [0.1, 0.15) is 23.6 Å². The first-order chi connectivity index (χ1) is 17.4. The Morgan fingerprint density at radius 2 is 2.03 bits per heavy atom. The zero-order valence-electron chi connectivity index (χ0n) is 19.0. The maximum Gasteiger partial charge on any atom is 0.318 e. The molecule has 1 aliphatic heterocycles. The average molecular weight is 492 g/mol. The highest BCUT2D eigenvalue weighted by atomic mass is 19.1. The molecule has 1 atom stereocenters. The number of amides is 2. The summed E-state index contributed by atoms with van der Waals surface area (Å²) in [6, 6.07) is 7.40. The smallest absolute Gasteiger partial charge is 0.318 e. The molecule has 3 aromatic rings. The first kappa shape index (κ1) is 24.5. The monoisotopic (exact) mass is 492 g/mol. The molecule has 2 amide bonds. The summed E-state index contributed by atoms with van der Waals surface area (Å²) < 4.78 is 28.2. The van der Waals surface area contributed by atoms with Gasteiger partial charge in [0.1, 0.15) is 11.5 Å². The van der Waals surface area contributed by atoms with E-state index in [4.69, 9.17) is 10.7 Å². The quantitative estimate of drug-likeness (QED) is 0.452. The number of aromatic nitrogens is 3. The molecule has 0 radical (unpaired) electrons. The van der Waals surface area contributed by atoms with Crippen LogP contribution in [-0.4, -0.2) is 58.3 Å². The van der Waals surface area contributed by atoms with Crippen LogP contribution in [0.4, 0.5) is 19.5 Å². The van der Waals surface area contributed by atoms with E-state index in [0.29, 0.717) is 43.3 Å². The number of piperazine rings is 1. The summed E-state index contributed by atoms with van der Waals surface area (Å²) in [7, 11) is 0. The average Bonchev–Trinajstić information content (AvgIpc) is 2.89. The number of urea groups is 1. The summed E-state index contributed by atoms with van der Waals surface area (Å²) in [5, 5.41) is 19.4. The van der Waals surface area contributed by atoms with Gasteiger partial charge in [0, 0.05) is 50.4 Å². The number of rotatable bonds is 6. The van der Waals surface area contributed by atoms with Crippen molar-refractivity contribution in [3.63, 3.8) is 0 Å². The third kappa shape index (κ3) is 5.52. The summed E-state index contributed by atoms with van der Waals surface area (Å²) in [6.45, 7) is 1.42. The molecule has 0 bridgehead atoms. The second-order valence-electron chi connectivity index (χ2n) is 8.11. The van der Waals surface area contributed by atoms with Gasteiger partial charge in [0.2, 0.25) is 11.5 Å². The number of carbonyl (C=O) groups excluding carboxylic acids is 1.